The smallest absolute Gasteiger partial charge is 0.235 e. The summed E-state index contributed by atoms with van der Waals surface area (Å²) < 4.78 is 5.94. The highest BCUT2D eigenvalue weighted by Crippen LogP contribution is 2.45. The van der Waals surface area contributed by atoms with Crippen LogP contribution in [0, 0.1) is 18.8 Å². The maximum absolute atomic E-state index is 12.8. The summed E-state index contributed by atoms with van der Waals surface area (Å²) in [5.74, 6) is 3.10. The van der Waals surface area contributed by atoms with E-state index in [-0.39, 0.29) is 11.7 Å². The van der Waals surface area contributed by atoms with Crippen molar-refractivity contribution in [3.05, 3.63) is 52.3 Å². The molecule has 2 aromatic rings. The molecule has 3 aliphatic rings. The maximum atomic E-state index is 12.8. The Labute approximate surface area is 238 Å². The van der Waals surface area contributed by atoms with E-state index in [0.717, 1.165) is 72.6 Å². The van der Waals surface area contributed by atoms with Crippen LogP contribution in [0.1, 0.15) is 82.5 Å². The minimum Gasteiger partial charge on any atom is -0.491 e. The predicted octanol–water partition coefficient (Wildman–Crippen LogP) is 6.76. The minimum absolute atomic E-state index is 0.0875. The van der Waals surface area contributed by atoms with Gasteiger partial charge in [0.1, 0.15) is 18.1 Å². The Morgan fingerprint density at radius 2 is 2.00 bits per heavy atom. The third kappa shape index (κ3) is 7.20. The van der Waals surface area contributed by atoms with E-state index in [1.165, 1.54) is 25.7 Å². The van der Waals surface area contributed by atoms with E-state index in [4.69, 9.17) is 16.3 Å². The Balaban J connectivity index is 0.000000379. The number of ketones is 1. The fraction of sp³-hybridized carbons (Fsp3) is 0.594. The lowest BCUT2D eigenvalue weighted by Crippen LogP contribution is -2.47. The number of amides is 1. The first kappa shape index (κ1) is 29.5. The summed E-state index contributed by atoms with van der Waals surface area (Å²) >= 11 is 6.20. The number of hydrogen-bond donors (Lipinski definition) is 1. The number of nitrogens with zero attached hydrogens (tertiary/aromatic N) is 2. The van der Waals surface area contributed by atoms with Gasteiger partial charge in [-0.05, 0) is 93.4 Å². The van der Waals surface area contributed by atoms with E-state index in [1.807, 2.05) is 31.2 Å². The lowest BCUT2D eigenvalue weighted by atomic mass is 9.73. The third-order valence-corrected chi connectivity index (χ3v) is 9.31. The highest BCUT2D eigenvalue weighted by Gasteiger charge is 2.48. The Morgan fingerprint density at radius 3 is 2.62 bits per heavy atom. The molecule has 1 aromatic carbocycles. The second-order valence-electron chi connectivity index (χ2n) is 11.6. The van der Waals surface area contributed by atoms with Gasteiger partial charge in [0.15, 0.2) is 0 Å². The quantitative estimate of drug-likeness (QED) is 0.371. The molecule has 1 aromatic heterocycles. The van der Waals surface area contributed by atoms with Crippen molar-refractivity contribution in [3.8, 4) is 5.75 Å². The fourth-order valence-electron chi connectivity index (χ4n) is 5.87. The maximum Gasteiger partial charge on any atom is 0.235 e. The van der Waals surface area contributed by atoms with Crippen molar-refractivity contribution in [1.82, 2.24) is 9.88 Å². The van der Waals surface area contributed by atoms with Crippen molar-refractivity contribution in [2.24, 2.45) is 11.8 Å². The lowest BCUT2D eigenvalue weighted by Gasteiger charge is -2.37. The van der Waals surface area contributed by atoms with Gasteiger partial charge in [-0.15, -0.1) is 0 Å². The van der Waals surface area contributed by atoms with E-state index < -0.39 is 5.41 Å². The van der Waals surface area contributed by atoms with Crippen LogP contribution in [0.5, 0.6) is 5.75 Å². The number of benzene rings is 1. The van der Waals surface area contributed by atoms with E-state index in [0.29, 0.717) is 24.5 Å². The van der Waals surface area contributed by atoms with Gasteiger partial charge in [0, 0.05) is 29.4 Å². The Bertz CT molecular complexity index is 1150. The summed E-state index contributed by atoms with van der Waals surface area (Å²) in [6.45, 7) is 11.2. The molecule has 1 unspecified atom stereocenters. The van der Waals surface area contributed by atoms with Crippen LogP contribution in [-0.2, 0) is 21.4 Å². The Kier molecular flexibility index (Phi) is 10.1. The molecule has 39 heavy (non-hydrogen) atoms. The number of halogens is 1. The second-order valence-corrected chi connectivity index (χ2v) is 12.0. The summed E-state index contributed by atoms with van der Waals surface area (Å²) in [5.41, 5.74) is 3.44. The number of Topliss-reactive ketones (excluding diaryl/α,β-unsaturated/α-hetero) is 1. The number of ether oxygens (including phenoxy) is 1. The highest BCUT2D eigenvalue weighted by atomic mass is 35.5. The van der Waals surface area contributed by atoms with E-state index in [1.54, 1.807) is 13.1 Å². The number of hydrogen-bond acceptors (Lipinski definition) is 5. The molecule has 1 N–H and O–H groups in total. The van der Waals surface area contributed by atoms with Gasteiger partial charge >= 0.3 is 0 Å². The summed E-state index contributed by atoms with van der Waals surface area (Å²) in [4.78, 5) is 30.8. The second kappa shape index (κ2) is 13.3. The molecule has 3 heterocycles. The summed E-state index contributed by atoms with van der Waals surface area (Å²) in [6, 6.07) is 7.63. The molecule has 1 atom stereocenters. The molecule has 212 valence electrons. The molecule has 7 heteroatoms. The zero-order chi connectivity index (χ0) is 28.0. The molecule has 2 aliphatic heterocycles. The molecule has 1 aliphatic carbocycles. The first-order valence-corrected chi connectivity index (χ1v) is 15.0. The Morgan fingerprint density at radius 1 is 1.26 bits per heavy atom. The first-order valence-electron chi connectivity index (χ1n) is 14.6. The van der Waals surface area contributed by atoms with Gasteiger partial charge in [-0.2, -0.15) is 0 Å². The Hall–Kier alpha value is -2.44. The van der Waals surface area contributed by atoms with Crippen LogP contribution in [0.3, 0.4) is 0 Å². The van der Waals surface area contributed by atoms with Crippen LogP contribution >= 0.6 is 11.6 Å². The molecule has 1 amide bonds. The van der Waals surface area contributed by atoms with E-state index in [9.17, 15) is 9.59 Å². The van der Waals surface area contributed by atoms with Gasteiger partial charge in [0.2, 0.25) is 5.91 Å². The number of carbonyl (C=O) groups excluding carboxylic acids is 2. The molecule has 2 fully saturated rings. The number of pyridine rings is 1. The monoisotopic (exact) mass is 553 g/mol. The number of anilines is 1. The van der Waals surface area contributed by atoms with Gasteiger partial charge in [-0.25, -0.2) is 0 Å². The van der Waals surface area contributed by atoms with Gasteiger partial charge in [0.25, 0.3) is 0 Å². The minimum atomic E-state index is -0.468. The largest absolute Gasteiger partial charge is 0.491 e. The van der Waals surface area contributed by atoms with Crippen LogP contribution in [0.15, 0.2) is 30.5 Å². The van der Waals surface area contributed by atoms with Crippen LogP contribution in [0.4, 0.5) is 5.69 Å². The number of aromatic nitrogens is 1. The van der Waals surface area contributed by atoms with Gasteiger partial charge < -0.3 is 14.8 Å². The number of nitrogens with one attached hydrogen (secondary N) is 1. The van der Waals surface area contributed by atoms with Crippen molar-refractivity contribution >= 4 is 29.0 Å². The average Bonchev–Trinajstić information content (AvgIpc) is 3.14. The summed E-state index contributed by atoms with van der Waals surface area (Å²) in [7, 11) is 0. The SMILES string of the molecule is CC(=O)CCc1cc(OCCN2CCC3(CC2)C(=O)Nc2ccc(Cl)cc23)cnc1C.CCC(C)C1CCC1. The van der Waals surface area contributed by atoms with Crippen LogP contribution in [-0.4, -0.2) is 47.8 Å². The molecule has 1 saturated heterocycles. The first-order chi connectivity index (χ1) is 18.7. The van der Waals surface area contributed by atoms with E-state index in [2.05, 4.69) is 29.0 Å². The summed E-state index contributed by atoms with van der Waals surface area (Å²) in [5, 5.41) is 3.69. The molecular formula is C32H44ClN3O3. The van der Waals surface area contributed by atoms with Crippen LogP contribution in [0.25, 0.3) is 0 Å². The third-order valence-electron chi connectivity index (χ3n) is 9.08. The topological polar surface area (TPSA) is 71.5 Å². The lowest BCUT2D eigenvalue weighted by molar-refractivity contribution is -0.122. The summed E-state index contributed by atoms with van der Waals surface area (Å²) in [6.07, 6.45) is 10.4. The molecule has 5 rings (SSSR count). The standard InChI is InChI=1S/C24H28ClN3O3.C8H16/c1-16(29)3-4-18-13-20(15-26-17(18)2)31-12-11-28-9-7-24(8-10-28)21-14-19(25)5-6-22(21)27-23(24)30;1-3-7(2)8-5-4-6-8/h5-6,13-15H,3-4,7-12H2,1-2H3,(H,27,30);7-8H,3-6H2,1-2H3. The highest BCUT2D eigenvalue weighted by molar-refractivity contribution is 6.31. The fourth-order valence-corrected chi connectivity index (χ4v) is 6.05. The number of likely N-dealkylation sites (tertiary alicyclic amines) is 1. The predicted molar refractivity (Wildman–Crippen MR) is 158 cm³/mol. The number of aryl methyl sites for hydroxylation is 2. The zero-order valence-electron chi connectivity index (χ0n) is 24.0. The van der Waals surface area contributed by atoms with Crippen molar-refractivity contribution in [1.29, 1.82) is 0 Å². The molecule has 6 nitrogen and oxygen atoms in total. The van der Waals surface area contributed by atoms with Crippen molar-refractivity contribution in [3.63, 3.8) is 0 Å². The zero-order valence-corrected chi connectivity index (χ0v) is 24.8. The molecule has 1 saturated carbocycles. The van der Waals surface area contributed by atoms with Gasteiger partial charge in [-0.1, -0.05) is 51.1 Å². The molecule has 0 bridgehead atoms. The number of carbonyl (C=O) groups is 2. The van der Waals surface area contributed by atoms with Crippen LogP contribution in [0.2, 0.25) is 5.02 Å². The van der Waals surface area contributed by atoms with Crippen LogP contribution < -0.4 is 10.1 Å². The van der Waals surface area contributed by atoms with Gasteiger partial charge in [0.05, 0.1) is 11.6 Å². The van der Waals surface area contributed by atoms with E-state index >= 15 is 0 Å². The average molecular weight is 554 g/mol. The van der Waals surface area contributed by atoms with Crippen molar-refractivity contribution in [2.45, 2.75) is 84.5 Å². The number of piperidine rings is 1. The van der Waals surface area contributed by atoms with Crippen molar-refractivity contribution in [2.75, 3.05) is 31.6 Å². The van der Waals surface area contributed by atoms with Crippen molar-refractivity contribution < 1.29 is 14.3 Å². The number of fused-ring (bicyclic) bond motifs is 2. The molecule has 1 spiro atoms. The molecular weight excluding hydrogens is 510 g/mol. The normalized spacial score (nSPS) is 18.9. The number of rotatable bonds is 9. The van der Waals surface area contributed by atoms with Gasteiger partial charge in [-0.3, -0.25) is 14.7 Å². The molecule has 0 radical (unpaired) electrons.